The molecule has 1 unspecified atom stereocenters. The van der Waals surface area contributed by atoms with Crippen molar-refractivity contribution in [2.75, 3.05) is 12.3 Å². The van der Waals surface area contributed by atoms with Gasteiger partial charge in [0.1, 0.15) is 17.6 Å². The molecule has 0 spiro atoms. The van der Waals surface area contributed by atoms with Crippen LogP contribution in [0.25, 0.3) is 0 Å². The van der Waals surface area contributed by atoms with E-state index in [4.69, 9.17) is 9.56 Å². The lowest BCUT2D eigenvalue weighted by Crippen LogP contribution is -2.42. The number of hydrogen-bond acceptors (Lipinski definition) is 9. The number of amidine groups is 2. The van der Waals surface area contributed by atoms with Crippen molar-refractivity contribution in [2.45, 2.75) is 36.7 Å². The van der Waals surface area contributed by atoms with Crippen LogP contribution in [0.15, 0.2) is 86.2 Å². The summed E-state index contributed by atoms with van der Waals surface area (Å²) in [4.78, 5) is 49.1. The van der Waals surface area contributed by atoms with E-state index in [1.54, 1.807) is 24.3 Å². The average Bonchev–Trinajstić information content (AvgIpc) is 3.61. The predicted molar refractivity (Wildman–Crippen MR) is 157 cm³/mol. The molecule has 42 heavy (non-hydrogen) atoms. The Balaban J connectivity index is 1.16. The highest BCUT2D eigenvalue weighted by Crippen LogP contribution is 2.34. The molecular formula is C28H28N6O6S2. The molecule has 0 saturated carbocycles. The number of sulfonamides is 1. The Bertz CT molecular complexity index is 1650. The van der Waals surface area contributed by atoms with E-state index in [-0.39, 0.29) is 47.8 Å². The molecule has 2 aromatic carbocycles. The minimum atomic E-state index is -3.76. The van der Waals surface area contributed by atoms with Gasteiger partial charge in [0.25, 0.3) is 5.91 Å². The molecule has 2 aliphatic heterocycles. The molecule has 5 rings (SSSR count). The van der Waals surface area contributed by atoms with Crippen molar-refractivity contribution < 1.29 is 27.2 Å². The SMILES string of the molecule is NS(=O)(=O)c1ccc(CCNC(=O)CSC2=Nc3ccccc3C3=NC(CCC(=O)NCc4ccco4)C(=O)N23)cc1. The Morgan fingerprint density at radius 3 is 2.55 bits per heavy atom. The number of rotatable bonds is 11. The lowest BCUT2D eigenvalue weighted by atomic mass is 10.1. The number of hydrogen-bond donors (Lipinski definition) is 3. The normalized spacial score (nSPS) is 15.9. The Morgan fingerprint density at radius 1 is 1.02 bits per heavy atom. The van der Waals surface area contributed by atoms with Crippen molar-refractivity contribution in [3.05, 3.63) is 83.8 Å². The van der Waals surface area contributed by atoms with Crippen LogP contribution in [-0.4, -0.2) is 60.4 Å². The number of amides is 3. The van der Waals surface area contributed by atoms with Gasteiger partial charge in [-0.05, 0) is 54.8 Å². The number of thioether (sulfide) groups is 1. The summed E-state index contributed by atoms with van der Waals surface area (Å²) in [5.74, 6) is 0.338. The van der Waals surface area contributed by atoms with E-state index in [0.717, 1.165) is 17.3 Å². The molecular weight excluding hydrogens is 580 g/mol. The molecule has 0 bridgehead atoms. The molecule has 12 nitrogen and oxygen atoms in total. The van der Waals surface area contributed by atoms with E-state index < -0.39 is 16.1 Å². The van der Waals surface area contributed by atoms with Gasteiger partial charge in [-0.1, -0.05) is 36.0 Å². The highest BCUT2D eigenvalue weighted by Gasteiger charge is 2.41. The zero-order valence-electron chi connectivity index (χ0n) is 22.4. The topological polar surface area (TPSA) is 177 Å². The van der Waals surface area contributed by atoms with Crippen LogP contribution in [0.4, 0.5) is 5.69 Å². The lowest BCUT2D eigenvalue weighted by Gasteiger charge is -2.25. The standard InChI is InChI=1S/C28H28N6O6S2/c29-42(38,39)20-9-7-18(8-10-20)13-14-30-25(36)17-41-28-33-22-6-2-1-5-21(22)26-32-23(27(37)34(26)28)11-12-24(35)31-16-19-4-3-15-40-19/h1-10,15,23H,11-14,16-17H2,(H,30,36)(H,31,35)(H2,29,38,39). The van der Waals surface area contributed by atoms with Crippen LogP contribution in [0.3, 0.4) is 0 Å². The molecule has 0 aliphatic carbocycles. The van der Waals surface area contributed by atoms with Crippen molar-refractivity contribution in [3.8, 4) is 0 Å². The van der Waals surface area contributed by atoms with E-state index in [0.29, 0.717) is 41.0 Å². The quantitative estimate of drug-likeness (QED) is 0.298. The highest BCUT2D eigenvalue weighted by atomic mass is 32.2. The fourth-order valence-electron chi connectivity index (χ4n) is 4.42. The monoisotopic (exact) mass is 608 g/mol. The van der Waals surface area contributed by atoms with Gasteiger partial charge in [0.05, 0.1) is 29.1 Å². The summed E-state index contributed by atoms with van der Waals surface area (Å²) in [5.41, 5.74) is 2.19. The first-order valence-electron chi connectivity index (χ1n) is 13.1. The van der Waals surface area contributed by atoms with Gasteiger partial charge in [-0.15, -0.1) is 0 Å². The van der Waals surface area contributed by atoms with Crippen LogP contribution in [0, 0.1) is 0 Å². The molecule has 2 aliphatic rings. The summed E-state index contributed by atoms with van der Waals surface area (Å²) in [6, 6.07) is 16.2. The zero-order valence-corrected chi connectivity index (χ0v) is 24.0. The molecule has 1 aromatic heterocycles. The number of carbonyl (C=O) groups excluding carboxylic acids is 3. The minimum Gasteiger partial charge on any atom is -0.467 e. The largest absolute Gasteiger partial charge is 0.467 e. The van der Waals surface area contributed by atoms with Gasteiger partial charge in [-0.25, -0.2) is 23.4 Å². The second-order valence-electron chi connectivity index (χ2n) is 9.53. The Labute approximate surface area is 246 Å². The fraction of sp³-hybridized carbons (Fsp3) is 0.250. The lowest BCUT2D eigenvalue weighted by molar-refractivity contribution is -0.125. The van der Waals surface area contributed by atoms with Crippen LogP contribution in [-0.2, 0) is 37.4 Å². The summed E-state index contributed by atoms with van der Waals surface area (Å²) < 4.78 is 28.0. The van der Waals surface area contributed by atoms with E-state index in [2.05, 4.69) is 20.6 Å². The van der Waals surface area contributed by atoms with E-state index in [9.17, 15) is 22.8 Å². The number of carbonyl (C=O) groups is 3. The summed E-state index contributed by atoms with van der Waals surface area (Å²) >= 11 is 1.13. The van der Waals surface area contributed by atoms with Gasteiger partial charge < -0.3 is 15.1 Å². The molecule has 4 N–H and O–H groups in total. The van der Waals surface area contributed by atoms with Crippen molar-refractivity contribution in [2.24, 2.45) is 15.1 Å². The molecule has 218 valence electrons. The number of furan rings is 1. The molecule has 3 amide bonds. The van der Waals surface area contributed by atoms with E-state index >= 15 is 0 Å². The van der Waals surface area contributed by atoms with Gasteiger partial charge in [0.2, 0.25) is 21.8 Å². The molecule has 1 atom stereocenters. The second kappa shape index (κ2) is 12.7. The maximum Gasteiger partial charge on any atom is 0.259 e. The maximum absolute atomic E-state index is 13.4. The zero-order chi connectivity index (χ0) is 29.7. The number of nitrogens with one attached hydrogen (secondary N) is 2. The number of nitrogens with zero attached hydrogens (tertiary/aromatic N) is 3. The van der Waals surface area contributed by atoms with E-state index in [1.165, 1.54) is 23.3 Å². The average molecular weight is 609 g/mol. The third-order valence-corrected chi connectivity index (χ3v) is 8.42. The van der Waals surface area contributed by atoms with Gasteiger partial charge in [-0.3, -0.25) is 19.4 Å². The molecule has 0 saturated heterocycles. The summed E-state index contributed by atoms with van der Waals surface area (Å²) in [5, 5.41) is 11.1. The number of aliphatic imine (C=N–C) groups is 2. The van der Waals surface area contributed by atoms with Crippen LogP contribution < -0.4 is 15.8 Å². The van der Waals surface area contributed by atoms with Gasteiger partial charge >= 0.3 is 0 Å². The molecule has 3 aromatic rings. The Hall–Kier alpha value is -4.27. The van der Waals surface area contributed by atoms with E-state index in [1.807, 2.05) is 24.3 Å². The highest BCUT2D eigenvalue weighted by molar-refractivity contribution is 8.14. The maximum atomic E-state index is 13.4. The first-order chi connectivity index (χ1) is 20.2. The first kappa shape index (κ1) is 29.2. The van der Waals surface area contributed by atoms with Crippen LogP contribution in [0.1, 0.15) is 29.7 Å². The van der Waals surface area contributed by atoms with Gasteiger partial charge in [0.15, 0.2) is 5.17 Å². The van der Waals surface area contributed by atoms with Crippen molar-refractivity contribution in [3.63, 3.8) is 0 Å². The molecule has 14 heteroatoms. The predicted octanol–water partition coefficient (Wildman–Crippen LogP) is 2.07. The second-order valence-corrected chi connectivity index (χ2v) is 12.0. The van der Waals surface area contributed by atoms with Crippen molar-refractivity contribution in [1.29, 1.82) is 0 Å². The van der Waals surface area contributed by atoms with Gasteiger partial charge in [-0.2, -0.15) is 0 Å². The fourth-order valence-corrected chi connectivity index (χ4v) is 5.76. The number of primary sulfonamides is 1. The molecule has 0 fully saturated rings. The third kappa shape index (κ3) is 6.95. The Morgan fingerprint density at radius 2 is 1.81 bits per heavy atom. The van der Waals surface area contributed by atoms with Crippen LogP contribution in [0.5, 0.6) is 0 Å². The van der Waals surface area contributed by atoms with Crippen LogP contribution in [0.2, 0.25) is 0 Å². The number of fused-ring (bicyclic) bond motifs is 3. The summed E-state index contributed by atoms with van der Waals surface area (Å²) in [6.07, 6.45) is 2.36. The Kier molecular flexibility index (Phi) is 8.85. The van der Waals surface area contributed by atoms with Crippen LogP contribution >= 0.6 is 11.8 Å². The smallest absolute Gasteiger partial charge is 0.259 e. The third-order valence-electron chi connectivity index (χ3n) is 6.55. The van der Waals surface area contributed by atoms with Gasteiger partial charge in [0, 0.05) is 18.5 Å². The number of para-hydroxylation sites is 1. The minimum absolute atomic E-state index is 0.0161. The number of benzene rings is 2. The summed E-state index contributed by atoms with van der Waals surface area (Å²) in [7, 11) is -3.76. The summed E-state index contributed by atoms with van der Waals surface area (Å²) in [6.45, 7) is 0.599. The van der Waals surface area contributed by atoms with Crippen molar-refractivity contribution >= 4 is 56.2 Å². The first-order valence-corrected chi connectivity index (χ1v) is 15.6. The molecule has 3 heterocycles. The number of nitrogens with two attached hydrogens (primary N) is 1. The molecule has 0 radical (unpaired) electrons. The van der Waals surface area contributed by atoms with Crippen molar-refractivity contribution in [1.82, 2.24) is 15.5 Å².